The summed E-state index contributed by atoms with van der Waals surface area (Å²) < 4.78 is 29.5. The molecule has 7 heteroatoms. The molecule has 0 N–H and O–H groups in total. The van der Waals surface area contributed by atoms with Crippen LogP contribution in [-0.2, 0) is 16.5 Å². The summed E-state index contributed by atoms with van der Waals surface area (Å²) in [6.45, 7) is 2.00. The van der Waals surface area contributed by atoms with E-state index in [4.69, 9.17) is 39.0 Å². The van der Waals surface area contributed by atoms with Gasteiger partial charge in [-0.25, -0.2) is 0 Å². The first kappa shape index (κ1) is 16.4. The Hall–Kier alpha value is -0.940. The fourth-order valence-electron chi connectivity index (χ4n) is 1.65. The van der Waals surface area contributed by atoms with Gasteiger partial charge in [0.15, 0.2) is 0 Å². The van der Waals surface area contributed by atoms with Crippen LogP contribution in [0.2, 0.25) is 15.1 Å². The molecule has 0 heterocycles. The Morgan fingerprint density at radius 1 is 0.952 bits per heavy atom. The van der Waals surface area contributed by atoms with Crippen LogP contribution in [0.3, 0.4) is 0 Å². The second-order valence-corrected chi connectivity index (χ2v) is 6.97. The summed E-state index contributed by atoms with van der Waals surface area (Å²) in [6.07, 6.45) is 0.853. The van der Waals surface area contributed by atoms with Crippen molar-refractivity contribution in [1.29, 1.82) is 0 Å². The highest BCUT2D eigenvalue weighted by Gasteiger charge is 2.22. The van der Waals surface area contributed by atoms with Crippen molar-refractivity contribution in [2.45, 2.75) is 18.2 Å². The lowest BCUT2D eigenvalue weighted by atomic mass is 10.2. The quantitative estimate of drug-likeness (QED) is 0.567. The Labute approximate surface area is 138 Å². The second-order valence-electron chi connectivity index (χ2n) is 4.23. The van der Waals surface area contributed by atoms with Crippen LogP contribution in [-0.4, -0.2) is 8.42 Å². The van der Waals surface area contributed by atoms with Crippen molar-refractivity contribution in [3.63, 3.8) is 0 Å². The van der Waals surface area contributed by atoms with Crippen LogP contribution in [0.4, 0.5) is 0 Å². The smallest absolute Gasteiger partial charge is 0.340 e. The maximum atomic E-state index is 12.2. The molecule has 0 atom stereocenters. The van der Waals surface area contributed by atoms with Gasteiger partial charge in [0.25, 0.3) is 0 Å². The Bertz CT molecular complexity index is 756. The molecule has 2 aromatic carbocycles. The molecule has 2 aromatic rings. The normalized spacial score (nSPS) is 11.4. The van der Waals surface area contributed by atoms with Gasteiger partial charge < -0.3 is 4.18 Å². The zero-order valence-corrected chi connectivity index (χ0v) is 14.0. The minimum Gasteiger partial charge on any atom is -0.379 e. The summed E-state index contributed by atoms with van der Waals surface area (Å²) in [5.74, 6) is 0.203. The predicted octanol–water partition coefficient (Wildman–Crippen LogP) is 4.98. The van der Waals surface area contributed by atoms with Crippen LogP contribution in [0.1, 0.15) is 12.5 Å². The standard InChI is InChI=1S/C14H11Cl3O3S/c1-2-9-3-5-10(6-4-9)20-21(18,19)14-8-12(16)11(15)7-13(14)17/h3-8H,2H2,1H3. The number of hydrogen-bond acceptors (Lipinski definition) is 3. The highest BCUT2D eigenvalue weighted by Crippen LogP contribution is 2.33. The van der Waals surface area contributed by atoms with Crippen molar-refractivity contribution in [3.05, 3.63) is 57.0 Å². The predicted molar refractivity (Wildman–Crippen MR) is 85.1 cm³/mol. The third-order valence-corrected chi connectivity index (χ3v) is 5.22. The van der Waals surface area contributed by atoms with Crippen molar-refractivity contribution in [2.24, 2.45) is 0 Å². The molecule has 0 fully saturated rings. The van der Waals surface area contributed by atoms with E-state index in [-0.39, 0.29) is 25.7 Å². The zero-order valence-electron chi connectivity index (χ0n) is 10.9. The molecule has 0 spiro atoms. The lowest BCUT2D eigenvalue weighted by molar-refractivity contribution is 0.486. The van der Waals surface area contributed by atoms with Crippen LogP contribution in [0.5, 0.6) is 5.75 Å². The second kappa shape index (κ2) is 6.44. The minimum atomic E-state index is -4.08. The summed E-state index contributed by atoms with van der Waals surface area (Å²) in [6, 6.07) is 9.19. The first-order valence-corrected chi connectivity index (χ1v) is 8.55. The maximum Gasteiger partial charge on any atom is 0.340 e. The summed E-state index contributed by atoms with van der Waals surface area (Å²) in [5, 5.41) is 0.215. The summed E-state index contributed by atoms with van der Waals surface area (Å²) in [4.78, 5) is -0.224. The maximum absolute atomic E-state index is 12.2. The van der Waals surface area contributed by atoms with E-state index in [0.717, 1.165) is 12.0 Å². The first-order valence-electron chi connectivity index (χ1n) is 6.01. The van der Waals surface area contributed by atoms with Gasteiger partial charge in [0.2, 0.25) is 0 Å². The Balaban J connectivity index is 2.35. The third-order valence-electron chi connectivity index (χ3n) is 2.78. The average Bonchev–Trinajstić information content (AvgIpc) is 2.43. The number of halogens is 3. The zero-order chi connectivity index (χ0) is 15.6. The van der Waals surface area contributed by atoms with Gasteiger partial charge in [-0.2, -0.15) is 8.42 Å². The highest BCUT2D eigenvalue weighted by atomic mass is 35.5. The van der Waals surface area contributed by atoms with Gasteiger partial charge in [-0.15, -0.1) is 0 Å². The van der Waals surface area contributed by atoms with Crippen LogP contribution in [0, 0.1) is 0 Å². The molecule has 0 bridgehead atoms. The monoisotopic (exact) mass is 364 g/mol. The summed E-state index contributed by atoms with van der Waals surface area (Å²) >= 11 is 17.5. The molecule has 3 nitrogen and oxygen atoms in total. The van der Waals surface area contributed by atoms with Crippen molar-refractivity contribution >= 4 is 44.9 Å². The molecule has 0 saturated carbocycles. The van der Waals surface area contributed by atoms with Crippen molar-refractivity contribution in [3.8, 4) is 5.75 Å². The molecule has 0 aromatic heterocycles. The minimum absolute atomic E-state index is 0.0467. The van der Waals surface area contributed by atoms with Gasteiger partial charge in [0.1, 0.15) is 10.6 Å². The number of benzene rings is 2. The van der Waals surface area contributed by atoms with Gasteiger partial charge in [0.05, 0.1) is 15.1 Å². The van der Waals surface area contributed by atoms with Crippen molar-refractivity contribution < 1.29 is 12.6 Å². The van der Waals surface area contributed by atoms with Gasteiger partial charge in [0, 0.05) is 0 Å². The summed E-state index contributed by atoms with van der Waals surface area (Å²) in [5.41, 5.74) is 1.08. The van der Waals surface area contributed by atoms with Crippen LogP contribution >= 0.6 is 34.8 Å². The molecule has 0 unspecified atom stereocenters. The van der Waals surface area contributed by atoms with E-state index in [1.165, 1.54) is 12.1 Å². The molecule has 112 valence electrons. The summed E-state index contributed by atoms with van der Waals surface area (Å²) in [7, 11) is -4.08. The number of hydrogen-bond donors (Lipinski definition) is 0. The Morgan fingerprint density at radius 2 is 1.52 bits per heavy atom. The molecule has 0 radical (unpaired) electrons. The van der Waals surface area contributed by atoms with Gasteiger partial charge in [-0.05, 0) is 36.2 Å². The largest absolute Gasteiger partial charge is 0.379 e. The molecular weight excluding hydrogens is 355 g/mol. The van der Waals surface area contributed by atoms with Crippen LogP contribution in [0.25, 0.3) is 0 Å². The fourth-order valence-corrected chi connectivity index (χ4v) is 3.56. The lowest BCUT2D eigenvalue weighted by Crippen LogP contribution is -2.10. The molecule has 0 aliphatic carbocycles. The average molecular weight is 366 g/mol. The van der Waals surface area contributed by atoms with E-state index in [2.05, 4.69) is 0 Å². The molecular formula is C14H11Cl3O3S. The van der Waals surface area contributed by atoms with E-state index in [9.17, 15) is 8.42 Å². The van der Waals surface area contributed by atoms with Crippen molar-refractivity contribution in [2.75, 3.05) is 0 Å². The van der Waals surface area contributed by atoms with Gasteiger partial charge >= 0.3 is 10.1 Å². The number of rotatable bonds is 4. The fraction of sp³-hybridized carbons (Fsp3) is 0.143. The lowest BCUT2D eigenvalue weighted by Gasteiger charge is -2.10. The highest BCUT2D eigenvalue weighted by molar-refractivity contribution is 7.87. The molecule has 0 saturated heterocycles. The van der Waals surface area contributed by atoms with Crippen molar-refractivity contribution in [1.82, 2.24) is 0 Å². The van der Waals surface area contributed by atoms with Gasteiger partial charge in [-0.3, -0.25) is 0 Å². The molecule has 0 amide bonds. The topological polar surface area (TPSA) is 43.4 Å². The molecule has 2 rings (SSSR count). The molecule has 0 aliphatic heterocycles. The number of aryl methyl sites for hydroxylation is 1. The first-order chi connectivity index (χ1) is 9.83. The van der Waals surface area contributed by atoms with Crippen LogP contribution < -0.4 is 4.18 Å². The molecule has 0 aliphatic rings. The van der Waals surface area contributed by atoms with E-state index in [1.54, 1.807) is 24.3 Å². The van der Waals surface area contributed by atoms with E-state index in [1.807, 2.05) is 6.92 Å². The van der Waals surface area contributed by atoms with Gasteiger partial charge in [-0.1, -0.05) is 53.9 Å². The SMILES string of the molecule is CCc1ccc(OS(=O)(=O)c2cc(Cl)c(Cl)cc2Cl)cc1. The Morgan fingerprint density at radius 3 is 2.10 bits per heavy atom. The third kappa shape index (κ3) is 3.83. The van der Waals surface area contributed by atoms with E-state index in [0.29, 0.717) is 0 Å². The van der Waals surface area contributed by atoms with E-state index < -0.39 is 10.1 Å². The molecule has 21 heavy (non-hydrogen) atoms. The van der Waals surface area contributed by atoms with E-state index >= 15 is 0 Å². The Kier molecular flexibility index (Phi) is 5.04. The van der Waals surface area contributed by atoms with Crippen LogP contribution in [0.15, 0.2) is 41.3 Å².